The van der Waals surface area contributed by atoms with Crippen molar-refractivity contribution < 1.29 is 28.2 Å². The molecule has 196 valence electrons. The van der Waals surface area contributed by atoms with Gasteiger partial charge >= 0.3 is 12.1 Å². The fourth-order valence-electron chi connectivity index (χ4n) is 2.77. The zero-order valence-corrected chi connectivity index (χ0v) is 24.2. The molecule has 0 bridgehead atoms. The first-order valence-electron chi connectivity index (χ1n) is 11.8. The van der Waals surface area contributed by atoms with Crippen LogP contribution in [0.5, 0.6) is 5.75 Å². The van der Waals surface area contributed by atoms with Gasteiger partial charge in [-0.25, -0.2) is 9.59 Å². The summed E-state index contributed by atoms with van der Waals surface area (Å²) in [6, 6.07) is 6.42. The van der Waals surface area contributed by atoms with Gasteiger partial charge in [-0.3, -0.25) is 0 Å². The number of methoxy groups -OCH3 is 1. The number of rotatable bonds is 13. The van der Waals surface area contributed by atoms with Crippen LogP contribution in [0.3, 0.4) is 0 Å². The first-order chi connectivity index (χ1) is 16.2. The summed E-state index contributed by atoms with van der Waals surface area (Å²) in [6.07, 6.45) is 1.81. The standard InChI is InChI=1S/C26H41NO6SSi/c1-10-11-16-34-18-23(19(2)33-35(7,8)9)31-21-14-12-20(13-15-21)17-22(24(28)30-6)27-25(29)32-26(3,4)5/h12-15,18,22H,2,10-11,16-17H2,1,3-9H3,(H,27,29)/b23-18-/t22-/m0/s1. The molecular weight excluding hydrogens is 482 g/mol. The van der Waals surface area contributed by atoms with E-state index in [1.165, 1.54) is 7.11 Å². The summed E-state index contributed by atoms with van der Waals surface area (Å²) in [5, 5.41) is 4.54. The van der Waals surface area contributed by atoms with Crippen LogP contribution in [0.25, 0.3) is 0 Å². The van der Waals surface area contributed by atoms with Gasteiger partial charge < -0.3 is 24.0 Å². The molecule has 1 aromatic rings. The number of nitrogens with one attached hydrogen (secondary N) is 1. The van der Waals surface area contributed by atoms with Gasteiger partial charge in [-0.1, -0.05) is 32.1 Å². The number of hydrogen-bond acceptors (Lipinski definition) is 7. The van der Waals surface area contributed by atoms with E-state index >= 15 is 0 Å². The number of benzene rings is 1. The third kappa shape index (κ3) is 13.3. The topological polar surface area (TPSA) is 83.1 Å². The summed E-state index contributed by atoms with van der Waals surface area (Å²) in [6.45, 7) is 17.8. The Morgan fingerprint density at radius 1 is 1.17 bits per heavy atom. The van der Waals surface area contributed by atoms with E-state index in [4.69, 9.17) is 18.6 Å². The summed E-state index contributed by atoms with van der Waals surface area (Å²) in [7, 11) is -0.561. The number of hydrogen-bond donors (Lipinski definition) is 1. The van der Waals surface area contributed by atoms with Crippen molar-refractivity contribution >= 4 is 32.1 Å². The van der Waals surface area contributed by atoms with Crippen molar-refractivity contribution in [2.45, 2.75) is 78.2 Å². The highest BCUT2D eigenvalue weighted by molar-refractivity contribution is 8.02. The van der Waals surface area contributed by atoms with Crippen molar-refractivity contribution in [1.29, 1.82) is 0 Å². The Morgan fingerprint density at radius 2 is 1.80 bits per heavy atom. The molecule has 0 saturated heterocycles. The molecule has 1 atom stereocenters. The molecular formula is C26H41NO6SSi. The second-order valence-corrected chi connectivity index (χ2v) is 15.4. The lowest BCUT2D eigenvalue weighted by Crippen LogP contribution is -2.45. The molecule has 0 unspecified atom stereocenters. The van der Waals surface area contributed by atoms with Crippen molar-refractivity contribution in [1.82, 2.24) is 5.32 Å². The van der Waals surface area contributed by atoms with Gasteiger partial charge in [0.25, 0.3) is 0 Å². The number of amides is 1. The highest BCUT2D eigenvalue weighted by Gasteiger charge is 2.25. The van der Waals surface area contributed by atoms with Crippen LogP contribution in [0.4, 0.5) is 4.79 Å². The molecule has 0 aliphatic rings. The molecule has 1 amide bonds. The summed E-state index contributed by atoms with van der Waals surface area (Å²) in [5.41, 5.74) is 0.149. The molecule has 0 aliphatic heterocycles. The van der Waals surface area contributed by atoms with Gasteiger partial charge in [-0.2, -0.15) is 0 Å². The summed E-state index contributed by atoms with van der Waals surface area (Å²) < 4.78 is 22.3. The van der Waals surface area contributed by atoms with Gasteiger partial charge in [0.1, 0.15) is 23.2 Å². The smallest absolute Gasteiger partial charge is 0.408 e. The molecule has 7 nitrogen and oxygen atoms in total. The Kier molecular flexibility index (Phi) is 12.5. The molecule has 0 aromatic heterocycles. The highest BCUT2D eigenvalue weighted by atomic mass is 32.2. The number of ether oxygens (including phenoxy) is 3. The molecule has 0 fully saturated rings. The zero-order valence-electron chi connectivity index (χ0n) is 22.4. The molecule has 0 saturated carbocycles. The Hall–Kier alpha value is -2.39. The zero-order chi connectivity index (χ0) is 26.6. The quantitative estimate of drug-likeness (QED) is 0.105. The van der Waals surface area contributed by atoms with Gasteiger partial charge in [0.15, 0.2) is 5.76 Å². The monoisotopic (exact) mass is 523 g/mol. The van der Waals surface area contributed by atoms with Crippen LogP contribution in [0.1, 0.15) is 46.1 Å². The van der Waals surface area contributed by atoms with Gasteiger partial charge in [0.05, 0.1) is 7.11 Å². The molecule has 35 heavy (non-hydrogen) atoms. The predicted octanol–water partition coefficient (Wildman–Crippen LogP) is 6.41. The normalized spacial score (nSPS) is 13.0. The van der Waals surface area contributed by atoms with E-state index < -0.39 is 32.0 Å². The fourth-order valence-corrected chi connectivity index (χ4v) is 4.51. The van der Waals surface area contributed by atoms with Crippen LogP contribution < -0.4 is 10.1 Å². The van der Waals surface area contributed by atoms with Gasteiger partial charge in [-0.15, -0.1) is 11.8 Å². The van der Waals surface area contributed by atoms with Gasteiger partial charge in [0.2, 0.25) is 8.32 Å². The number of thioether (sulfide) groups is 1. The van der Waals surface area contributed by atoms with Crippen LogP contribution in [0.15, 0.2) is 47.8 Å². The van der Waals surface area contributed by atoms with Crippen LogP contribution in [0.2, 0.25) is 19.6 Å². The van der Waals surface area contributed by atoms with Crippen LogP contribution in [-0.2, 0) is 25.1 Å². The average Bonchev–Trinajstić information content (AvgIpc) is 2.73. The van der Waals surface area contributed by atoms with Crippen molar-refractivity contribution in [3.8, 4) is 5.75 Å². The largest absolute Gasteiger partial charge is 0.542 e. The summed E-state index contributed by atoms with van der Waals surface area (Å²) in [4.78, 5) is 24.4. The molecule has 0 spiro atoms. The number of esters is 1. The second-order valence-electron chi connectivity index (χ2n) is 10.0. The highest BCUT2D eigenvalue weighted by Crippen LogP contribution is 2.25. The average molecular weight is 524 g/mol. The Morgan fingerprint density at radius 3 is 2.31 bits per heavy atom. The number of carbonyl (C=O) groups is 2. The number of alkyl carbamates (subject to hydrolysis) is 1. The number of unbranched alkanes of at least 4 members (excludes halogenated alkanes) is 1. The molecule has 0 aliphatic carbocycles. The van der Waals surface area contributed by atoms with E-state index in [1.54, 1.807) is 32.5 Å². The molecule has 1 N–H and O–H groups in total. The third-order valence-corrected chi connectivity index (χ3v) is 6.04. The van der Waals surface area contributed by atoms with Crippen LogP contribution >= 0.6 is 11.8 Å². The van der Waals surface area contributed by atoms with Gasteiger partial charge in [-0.05, 0) is 70.3 Å². The van der Waals surface area contributed by atoms with E-state index in [0.29, 0.717) is 17.3 Å². The minimum absolute atomic E-state index is 0.243. The molecule has 0 radical (unpaired) electrons. The van der Waals surface area contributed by atoms with E-state index in [1.807, 2.05) is 29.7 Å². The molecule has 1 rings (SSSR count). The maximum atomic E-state index is 12.2. The van der Waals surface area contributed by atoms with Crippen molar-refractivity contribution in [3.05, 3.63) is 53.3 Å². The van der Waals surface area contributed by atoms with Crippen LogP contribution in [-0.4, -0.2) is 44.9 Å². The van der Waals surface area contributed by atoms with Gasteiger partial charge in [0, 0.05) is 11.8 Å². The molecule has 0 heterocycles. The lowest BCUT2D eigenvalue weighted by atomic mass is 10.1. The third-order valence-electron chi connectivity index (χ3n) is 4.28. The fraction of sp³-hybridized carbons (Fsp3) is 0.538. The van der Waals surface area contributed by atoms with Crippen molar-refractivity contribution in [3.63, 3.8) is 0 Å². The SMILES string of the molecule is C=C(O[Si](C)(C)C)/C(=C/SCCCC)Oc1ccc(C[C@H](NC(=O)OC(C)(C)C)C(=O)OC)cc1. The van der Waals surface area contributed by atoms with E-state index in [0.717, 1.165) is 24.2 Å². The van der Waals surface area contributed by atoms with Crippen LogP contribution in [0, 0.1) is 0 Å². The lowest BCUT2D eigenvalue weighted by molar-refractivity contribution is -0.143. The molecule has 1 aromatic carbocycles. The maximum Gasteiger partial charge on any atom is 0.408 e. The van der Waals surface area contributed by atoms with E-state index in [2.05, 4.69) is 38.5 Å². The minimum Gasteiger partial charge on any atom is -0.542 e. The first kappa shape index (κ1) is 30.6. The Labute approximate surface area is 215 Å². The second kappa shape index (κ2) is 14.2. The van der Waals surface area contributed by atoms with Crippen molar-refractivity contribution in [2.24, 2.45) is 0 Å². The van der Waals surface area contributed by atoms with Crippen molar-refractivity contribution in [2.75, 3.05) is 12.9 Å². The number of carbonyl (C=O) groups excluding carboxylic acids is 2. The first-order valence-corrected chi connectivity index (χ1v) is 16.2. The van der Waals surface area contributed by atoms with E-state index in [9.17, 15) is 9.59 Å². The predicted molar refractivity (Wildman–Crippen MR) is 145 cm³/mol. The molecule has 9 heteroatoms. The minimum atomic E-state index is -1.84. The maximum absolute atomic E-state index is 12.2. The Bertz CT molecular complexity index is 871. The van der Waals surface area contributed by atoms with E-state index in [-0.39, 0.29) is 6.42 Å². The lowest BCUT2D eigenvalue weighted by Gasteiger charge is -2.23. The summed E-state index contributed by atoms with van der Waals surface area (Å²) >= 11 is 1.67. The summed E-state index contributed by atoms with van der Waals surface area (Å²) in [5.74, 6) is 2.16. The Balaban J connectivity index is 2.94.